The summed E-state index contributed by atoms with van der Waals surface area (Å²) in [6.45, 7) is 2.70. The molecule has 0 amide bonds. The second kappa shape index (κ2) is 4.98. The van der Waals surface area contributed by atoms with Crippen molar-refractivity contribution in [3.05, 3.63) is 59.4 Å². The molecule has 3 rings (SSSR count). The highest BCUT2D eigenvalue weighted by atomic mass is 16.3. The number of fused-ring (bicyclic) bond motifs is 1. The number of aromatic nitrogens is 2. The lowest BCUT2D eigenvalue weighted by Gasteiger charge is -2.10. The minimum atomic E-state index is -0.0829. The Bertz CT molecular complexity index is 762. The van der Waals surface area contributed by atoms with Gasteiger partial charge in [0, 0.05) is 12.2 Å². The smallest absolute Gasteiger partial charge is 0.136 e. The number of nitrogens with zero attached hydrogens (tertiary/aromatic N) is 2. The standard InChI is InChI=1S/C16H17N3O/c1-11-4-2-3-5-12(11)9-19-15-7-6-13(17)8-14(15)18-16(19)10-20/h2-8,20H,9-10,17H2,1H3. The zero-order valence-electron chi connectivity index (χ0n) is 11.4. The molecule has 0 aliphatic rings. The van der Waals surface area contributed by atoms with E-state index in [4.69, 9.17) is 5.73 Å². The Labute approximate surface area is 117 Å². The van der Waals surface area contributed by atoms with E-state index in [0.29, 0.717) is 18.1 Å². The van der Waals surface area contributed by atoms with E-state index in [1.807, 2.05) is 34.9 Å². The topological polar surface area (TPSA) is 64.1 Å². The summed E-state index contributed by atoms with van der Waals surface area (Å²) in [4.78, 5) is 4.45. The van der Waals surface area contributed by atoms with Crippen LogP contribution in [0, 0.1) is 6.92 Å². The normalized spacial score (nSPS) is 11.1. The van der Waals surface area contributed by atoms with Crippen molar-refractivity contribution < 1.29 is 5.11 Å². The lowest BCUT2D eigenvalue weighted by molar-refractivity contribution is 0.267. The van der Waals surface area contributed by atoms with E-state index in [-0.39, 0.29) is 6.61 Å². The summed E-state index contributed by atoms with van der Waals surface area (Å²) in [5.74, 6) is 0.661. The van der Waals surface area contributed by atoms with Crippen molar-refractivity contribution in [3.63, 3.8) is 0 Å². The first-order valence-electron chi connectivity index (χ1n) is 6.59. The number of anilines is 1. The number of nitrogens with two attached hydrogens (primary N) is 1. The molecule has 1 aromatic heterocycles. The Morgan fingerprint density at radius 2 is 2.00 bits per heavy atom. The Kier molecular flexibility index (Phi) is 3.16. The fourth-order valence-electron chi connectivity index (χ4n) is 2.45. The van der Waals surface area contributed by atoms with Gasteiger partial charge in [-0.05, 0) is 36.2 Å². The van der Waals surface area contributed by atoms with E-state index in [0.717, 1.165) is 11.0 Å². The van der Waals surface area contributed by atoms with Crippen LogP contribution in [0.4, 0.5) is 5.69 Å². The quantitative estimate of drug-likeness (QED) is 0.716. The molecule has 3 aromatic rings. The molecule has 0 aliphatic heterocycles. The van der Waals surface area contributed by atoms with Gasteiger partial charge in [-0.2, -0.15) is 0 Å². The van der Waals surface area contributed by atoms with Gasteiger partial charge in [-0.3, -0.25) is 0 Å². The van der Waals surface area contributed by atoms with E-state index in [1.165, 1.54) is 11.1 Å². The maximum atomic E-state index is 9.52. The fraction of sp³-hybridized carbons (Fsp3) is 0.188. The maximum absolute atomic E-state index is 9.52. The number of aliphatic hydroxyl groups is 1. The lowest BCUT2D eigenvalue weighted by Crippen LogP contribution is -2.06. The first-order chi connectivity index (χ1) is 9.69. The molecule has 2 aromatic carbocycles. The van der Waals surface area contributed by atoms with Crippen LogP contribution in [0.15, 0.2) is 42.5 Å². The molecule has 3 N–H and O–H groups in total. The van der Waals surface area contributed by atoms with Crippen LogP contribution in [0.3, 0.4) is 0 Å². The van der Waals surface area contributed by atoms with Gasteiger partial charge in [0.25, 0.3) is 0 Å². The lowest BCUT2D eigenvalue weighted by atomic mass is 10.1. The number of nitrogen functional groups attached to an aromatic ring is 1. The van der Waals surface area contributed by atoms with Crippen molar-refractivity contribution in [2.75, 3.05) is 5.73 Å². The van der Waals surface area contributed by atoms with Crippen LogP contribution < -0.4 is 5.73 Å². The van der Waals surface area contributed by atoms with Crippen LogP contribution in [0.1, 0.15) is 17.0 Å². The van der Waals surface area contributed by atoms with Gasteiger partial charge in [-0.25, -0.2) is 4.98 Å². The summed E-state index contributed by atoms with van der Waals surface area (Å²) >= 11 is 0. The van der Waals surface area contributed by atoms with Gasteiger partial charge in [0.1, 0.15) is 12.4 Å². The molecule has 0 fully saturated rings. The number of hydrogen-bond acceptors (Lipinski definition) is 3. The van der Waals surface area contributed by atoms with Crippen LogP contribution in [-0.4, -0.2) is 14.7 Å². The Balaban J connectivity index is 2.12. The van der Waals surface area contributed by atoms with E-state index >= 15 is 0 Å². The third kappa shape index (κ3) is 2.14. The number of aliphatic hydroxyl groups excluding tert-OH is 1. The number of hydrogen-bond donors (Lipinski definition) is 2. The largest absolute Gasteiger partial charge is 0.399 e. The second-order valence-electron chi connectivity index (χ2n) is 4.95. The van der Waals surface area contributed by atoms with E-state index in [9.17, 15) is 5.11 Å². The van der Waals surface area contributed by atoms with Crippen LogP contribution in [0.25, 0.3) is 11.0 Å². The molecule has 0 radical (unpaired) electrons. The highest BCUT2D eigenvalue weighted by molar-refractivity contribution is 5.79. The Morgan fingerprint density at radius 3 is 2.75 bits per heavy atom. The van der Waals surface area contributed by atoms with Crippen LogP contribution >= 0.6 is 0 Å². The van der Waals surface area contributed by atoms with E-state index in [2.05, 4.69) is 24.0 Å². The van der Waals surface area contributed by atoms with E-state index < -0.39 is 0 Å². The molecule has 0 unspecified atom stereocenters. The first kappa shape index (κ1) is 12.7. The molecule has 4 nitrogen and oxygen atoms in total. The van der Waals surface area contributed by atoms with Gasteiger partial charge >= 0.3 is 0 Å². The van der Waals surface area contributed by atoms with Crippen molar-refractivity contribution in [1.82, 2.24) is 9.55 Å². The van der Waals surface area contributed by atoms with Gasteiger partial charge in [-0.15, -0.1) is 0 Å². The zero-order chi connectivity index (χ0) is 14.1. The number of imidazole rings is 1. The number of rotatable bonds is 3. The average molecular weight is 267 g/mol. The molecule has 102 valence electrons. The monoisotopic (exact) mass is 267 g/mol. The molecule has 0 aliphatic carbocycles. The zero-order valence-corrected chi connectivity index (χ0v) is 11.4. The predicted molar refractivity (Wildman–Crippen MR) is 80.3 cm³/mol. The van der Waals surface area contributed by atoms with Crippen molar-refractivity contribution in [1.29, 1.82) is 0 Å². The summed E-state index contributed by atoms with van der Waals surface area (Å²) in [7, 11) is 0. The minimum Gasteiger partial charge on any atom is -0.399 e. The Morgan fingerprint density at radius 1 is 1.20 bits per heavy atom. The van der Waals surface area contributed by atoms with Crippen molar-refractivity contribution in [2.24, 2.45) is 0 Å². The molecule has 0 atom stereocenters. The van der Waals surface area contributed by atoms with Gasteiger partial charge < -0.3 is 15.4 Å². The van der Waals surface area contributed by atoms with Crippen molar-refractivity contribution in [2.45, 2.75) is 20.1 Å². The summed E-state index contributed by atoms with van der Waals surface area (Å²) in [5.41, 5.74) is 10.7. The van der Waals surface area contributed by atoms with Crippen LogP contribution in [-0.2, 0) is 13.2 Å². The minimum absolute atomic E-state index is 0.0829. The van der Waals surface area contributed by atoms with E-state index in [1.54, 1.807) is 0 Å². The highest BCUT2D eigenvalue weighted by Crippen LogP contribution is 2.21. The van der Waals surface area contributed by atoms with Crippen LogP contribution in [0.2, 0.25) is 0 Å². The molecule has 0 saturated carbocycles. The van der Waals surface area contributed by atoms with Gasteiger partial charge in [0.05, 0.1) is 11.0 Å². The second-order valence-corrected chi connectivity index (χ2v) is 4.95. The fourth-order valence-corrected chi connectivity index (χ4v) is 2.45. The van der Waals surface area contributed by atoms with Crippen LogP contribution in [0.5, 0.6) is 0 Å². The first-order valence-corrected chi connectivity index (χ1v) is 6.59. The molecule has 0 saturated heterocycles. The SMILES string of the molecule is Cc1ccccc1Cn1c(CO)nc2cc(N)ccc21. The molecule has 0 bridgehead atoms. The third-order valence-electron chi connectivity index (χ3n) is 3.58. The van der Waals surface area contributed by atoms with Gasteiger partial charge in [-0.1, -0.05) is 24.3 Å². The molecule has 0 spiro atoms. The van der Waals surface area contributed by atoms with Gasteiger partial charge in [0.2, 0.25) is 0 Å². The highest BCUT2D eigenvalue weighted by Gasteiger charge is 2.11. The molecular formula is C16H17N3O. The Hall–Kier alpha value is -2.33. The molecule has 1 heterocycles. The van der Waals surface area contributed by atoms with Crippen molar-refractivity contribution >= 4 is 16.7 Å². The predicted octanol–water partition coefficient (Wildman–Crippen LogP) is 2.47. The average Bonchev–Trinajstić information content (AvgIpc) is 2.78. The molecule has 4 heteroatoms. The summed E-state index contributed by atoms with van der Waals surface area (Å²) in [6, 6.07) is 13.9. The van der Waals surface area contributed by atoms with Crippen molar-refractivity contribution in [3.8, 4) is 0 Å². The summed E-state index contributed by atoms with van der Waals surface area (Å²) in [6.07, 6.45) is 0. The van der Waals surface area contributed by atoms with Gasteiger partial charge in [0.15, 0.2) is 0 Å². The summed E-state index contributed by atoms with van der Waals surface area (Å²) < 4.78 is 2.04. The number of benzene rings is 2. The molecule has 20 heavy (non-hydrogen) atoms. The summed E-state index contributed by atoms with van der Waals surface area (Å²) in [5, 5.41) is 9.52. The third-order valence-corrected chi connectivity index (χ3v) is 3.58. The maximum Gasteiger partial charge on any atom is 0.136 e. The molecular weight excluding hydrogens is 250 g/mol. The number of aryl methyl sites for hydroxylation is 1.